The molecule has 0 radical (unpaired) electrons. The van der Waals surface area contributed by atoms with E-state index in [1.165, 1.54) is 0 Å². The molecule has 0 bridgehead atoms. The second kappa shape index (κ2) is 7.96. The minimum absolute atomic E-state index is 0.0107. The Morgan fingerprint density at radius 3 is 2.50 bits per heavy atom. The van der Waals surface area contributed by atoms with Gasteiger partial charge >= 0.3 is 0 Å². The topological polar surface area (TPSA) is 66.2 Å². The number of hydrogen-bond acceptors (Lipinski definition) is 5. The Morgan fingerprint density at radius 2 is 1.90 bits per heavy atom. The summed E-state index contributed by atoms with van der Waals surface area (Å²) < 4.78 is 26.6. The number of pyridine rings is 1. The summed E-state index contributed by atoms with van der Waals surface area (Å²) in [5, 5.41) is 2.85. The van der Waals surface area contributed by atoms with Crippen LogP contribution in [0.5, 0.6) is 0 Å². The van der Waals surface area contributed by atoms with Crippen LogP contribution in [0.1, 0.15) is 26.7 Å². The average Bonchev–Trinajstić information content (AvgIpc) is 2.40. The van der Waals surface area contributed by atoms with E-state index >= 15 is 0 Å². The van der Waals surface area contributed by atoms with Gasteiger partial charge in [0.15, 0.2) is 23.3 Å². The molecule has 0 saturated heterocycles. The zero-order valence-corrected chi connectivity index (χ0v) is 12.2. The zero-order valence-electron chi connectivity index (χ0n) is 12.2. The number of hydrogen-bond donors (Lipinski definition) is 3. The third-order valence-corrected chi connectivity index (χ3v) is 3.18. The molecule has 0 aromatic carbocycles. The number of nitrogens with one attached hydrogen (secondary N) is 2. The molecule has 0 saturated carbocycles. The number of nitrogen functional groups attached to an aromatic ring is 1. The fraction of sp³-hybridized carbons (Fsp3) is 0.615. The van der Waals surface area contributed by atoms with Crippen LogP contribution >= 0.6 is 0 Å². The van der Waals surface area contributed by atoms with E-state index in [1.54, 1.807) is 0 Å². The summed E-state index contributed by atoms with van der Waals surface area (Å²) in [6.45, 7) is 5.83. The molecule has 7 heteroatoms. The van der Waals surface area contributed by atoms with E-state index in [4.69, 9.17) is 5.84 Å². The van der Waals surface area contributed by atoms with E-state index in [-0.39, 0.29) is 11.6 Å². The van der Waals surface area contributed by atoms with Crippen molar-refractivity contribution >= 4 is 11.6 Å². The molecular weight excluding hydrogens is 264 g/mol. The van der Waals surface area contributed by atoms with E-state index in [0.29, 0.717) is 12.6 Å². The van der Waals surface area contributed by atoms with E-state index in [2.05, 4.69) is 41.5 Å². The quantitative estimate of drug-likeness (QED) is 0.388. The van der Waals surface area contributed by atoms with Crippen molar-refractivity contribution in [2.75, 3.05) is 30.9 Å². The molecule has 0 aliphatic carbocycles. The fourth-order valence-electron chi connectivity index (χ4n) is 1.64. The molecule has 0 unspecified atom stereocenters. The average molecular weight is 287 g/mol. The molecular formula is C13H23F2N5. The summed E-state index contributed by atoms with van der Waals surface area (Å²) in [6, 6.07) is 1.27. The number of unbranched alkanes of at least 4 members (excludes halogenated alkanes) is 1. The van der Waals surface area contributed by atoms with Crippen molar-refractivity contribution < 1.29 is 8.78 Å². The number of nitrogens with zero attached hydrogens (tertiary/aromatic N) is 2. The van der Waals surface area contributed by atoms with Crippen molar-refractivity contribution in [1.82, 2.24) is 9.88 Å². The first-order chi connectivity index (χ1) is 9.45. The van der Waals surface area contributed by atoms with Crippen molar-refractivity contribution in [2.45, 2.75) is 32.7 Å². The third-order valence-electron chi connectivity index (χ3n) is 3.18. The standard InChI is InChI=1S/C13H23F2N5/c1-9(2)20(3)7-5-4-6-17-12-10(14)8-11(15)13(18-12)19-16/h8-9H,4-7,16H2,1-3H3,(H2,17,18,19). The van der Waals surface area contributed by atoms with E-state index in [1.807, 2.05) is 0 Å². The maximum absolute atomic E-state index is 13.5. The Kier molecular flexibility index (Phi) is 6.60. The molecule has 1 rings (SSSR count). The summed E-state index contributed by atoms with van der Waals surface area (Å²) >= 11 is 0. The predicted octanol–water partition coefficient (Wildman–Crippen LogP) is 2.18. The van der Waals surface area contributed by atoms with Gasteiger partial charge in [-0.15, -0.1) is 0 Å². The lowest BCUT2D eigenvalue weighted by molar-refractivity contribution is 0.269. The number of hydrazine groups is 1. The summed E-state index contributed by atoms with van der Waals surface area (Å²) in [6.07, 6.45) is 1.87. The minimum atomic E-state index is -0.811. The summed E-state index contributed by atoms with van der Waals surface area (Å²) in [5.74, 6) is 3.40. The number of nitrogens with two attached hydrogens (primary N) is 1. The van der Waals surface area contributed by atoms with Gasteiger partial charge in [-0.25, -0.2) is 19.6 Å². The van der Waals surface area contributed by atoms with E-state index in [0.717, 1.165) is 25.5 Å². The third kappa shape index (κ3) is 4.90. The molecule has 1 aromatic heterocycles. The van der Waals surface area contributed by atoms with Crippen LogP contribution in [0, 0.1) is 11.6 Å². The smallest absolute Gasteiger partial charge is 0.178 e. The van der Waals surface area contributed by atoms with Gasteiger partial charge in [-0.1, -0.05) is 0 Å². The Morgan fingerprint density at radius 1 is 1.25 bits per heavy atom. The monoisotopic (exact) mass is 287 g/mol. The fourth-order valence-corrected chi connectivity index (χ4v) is 1.64. The van der Waals surface area contributed by atoms with Crippen LogP contribution in [-0.2, 0) is 0 Å². The van der Waals surface area contributed by atoms with Crippen molar-refractivity contribution in [1.29, 1.82) is 0 Å². The number of rotatable bonds is 8. The first-order valence-corrected chi connectivity index (χ1v) is 6.72. The van der Waals surface area contributed by atoms with Crippen molar-refractivity contribution in [3.05, 3.63) is 17.7 Å². The Bertz CT molecular complexity index is 425. The van der Waals surface area contributed by atoms with Crippen LogP contribution < -0.4 is 16.6 Å². The van der Waals surface area contributed by atoms with Crippen LogP contribution in [0.2, 0.25) is 0 Å². The van der Waals surface area contributed by atoms with Gasteiger partial charge in [0.05, 0.1) is 0 Å². The second-order valence-corrected chi connectivity index (χ2v) is 5.00. The van der Waals surface area contributed by atoms with Gasteiger partial charge in [0, 0.05) is 18.7 Å². The molecule has 0 fully saturated rings. The Labute approximate surface area is 118 Å². The summed E-state index contributed by atoms with van der Waals surface area (Å²) in [5.41, 5.74) is 2.09. The molecule has 0 atom stereocenters. The number of halogens is 2. The molecule has 0 amide bonds. The first kappa shape index (κ1) is 16.6. The highest BCUT2D eigenvalue weighted by atomic mass is 19.1. The normalized spacial score (nSPS) is 11.2. The predicted molar refractivity (Wildman–Crippen MR) is 77.5 cm³/mol. The lowest BCUT2D eigenvalue weighted by Gasteiger charge is -2.20. The Hall–Kier alpha value is -1.47. The maximum atomic E-state index is 13.5. The molecule has 20 heavy (non-hydrogen) atoms. The first-order valence-electron chi connectivity index (χ1n) is 6.72. The minimum Gasteiger partial charge on any atom is -0.368 e. The molecule has 0 aliphatic rings. The SMILES string of the molecule is CC(C)N(C)CCCCNc1nc(NN)c(F)cc1F. The van der Waals surface area contributed by atoms with Crippen LogP contribution in [0.3, 0.4) is 0 Å². The summed E-state index contributed by atoms with van der Waals surface area (Å²) in [4.78, 5) is 5.99. The summed E-state index contributed by atoms with van der Waals surface area (Å²) in [7, 11) is 2.07. The molecule has 1 aromatic rings. The van der Waals surface area contributed by atoms with E-state index < -0.39 is 11.6 Å². The van der Waals surface area contributed by atoms with Gasteiger partial charge in [-0.2, -0.15) is 0 Å². The molecule has 114 valence electrons. The molecule has 0 spiro atoms. The maximum Gasteiger partial charge on any atom is 0.178 e. The number of aromatic nitrogens is 1. The lowest BCUT2D eigenvalue weighted by Crippen LogP contribution is -2.27. The van der Waals surface area contributed by atoms with Crippen LogP contribution in [-0.4, -0.2) is 36.1 Å². The van der Waals surface area contributed by atoms with Gasteiger partial charge in [0.1, 0.15) is 0 Å². The highest BCUT2D eigenvalue weighted by Gasteiger charge is 2.10. The highest BCUT2D eigenvalue weighted by Crippen LogP contribution is 2.18. The van der Waals surface area contributed by atoms with Gasteiger partial charge in [-0.3, -0.25) is 0 Å². The molecule has 4 N–H and O–H groups in total. The number of anilines is 2. The Balaban J connectivity index is 2.39. The van der Waals surface area contributed by atoms with Crippen LogP contribution in [0.25, 0.3) is 0 Å². The van der Waals surface area contributed by atoms with E-state index in [9.17, 15) is 8.78 Å². The largest absolute Gasteiger partial charge is 0.368 e. The van der Waals surface area contributed by atoms with Crippen LogP contribution in [0.4, 0.5) is 20.4 Å². The molecule has 5 nitrogen and oxygen atoms in total. The lowest BCUT2D eigenvalue weighted by atomic mass is 10.2. The zero-order chi connectivity index (χ0) is 15.1. The van der Waals surface area contributed by atoms with Gasteiger partial charge < -0.3 is 15.6 Å². The van der Waals surface area contributed by atoms with Gasteiger partial charge in [-0.05, 0) is 40.3 Å². The van der Waals surface area contributed by atoms with Crippen molar-refractivity contribution in [3.8, 4) is 0 Å². The molecule has 0 aliphatic heterocycles. The van der Waals surface area contributed by atoms with Crippen LogP contribution in [0.15, 0.2) is 6.07 Å². The molecule has 1 heterocycles. The van der Waals surface area contributed by atoms with Gasteiger partial charge in [0.2, 0.25) is 0 Å². The van der Waals surface area contributed by atoms with Gasteiger partial charge in [0.25, 0.3) is 0 Å². The second-order valence-electron chi connectivity index (χ2n) is 5.00. The van der Waals surface area contributed by atoms with Crippen molar-refractivity contribution in [3.63, 3.8) is 0 Å². The van der Waals surface area contributed by atoms with Crippen molar-refractivity contribution in [2.24, 2.45) is 5.84 Å². The highest BCUT2D eigenvalue weighted by molar-refractivity contribution is 5.46.